The number of hydrogen-bond donors (Lipinski definition) is 1. The molecule has 5 nitrogen and oxygen atoms in total. The van der Waals surface area contributed by atoms with E-state index in [1.807, 2.05) is 25.1 Å². The quantitative estimate of drug-likeness (QED) is 0.668. The lowest BCUT2D eigenvalue weighted by molar-refractivity contribution is -0.117. The molecular formula is C17H20N2O3. The number of amides is 1. The average molecular weight is 300 g/mol. The van der Waals surface area contributed by atoms with Crippen molar-refractivity contribution in [2.75, 3.05) is 20.3 Å². The van der Waals surface area contributed by atoms with E-state index in [2.05, 4.69) is 5.32 Å². The third kappa shape index (κ3) is 4.09. The molecule has 1 amide bonds. The van der Waals surface area contributed by atoms with Crippen LogP contribution in [0.2, 0.25) is 0 Å². The second kappa shape index (κ2) is 7.62. The second-order valence-electron chi connectivity index (χ2n) is 5.24. The van der Waals surface area contributed by atoms with Crippen molar-refractivity contribution >= 4 is 12.0 Å². The molecule has 1 aromatic carbocycles. The van der Waals surface area contributed by atoms with E-state index in [-0.39, 0.29) is 17.6 Å². The van der Waals surface area contributed by atoms with Crippen molar-refractivity contribution in [2.45, 2.75) is 25.9 Å². The number of ether oxygens (including phenoxy) is 2. The number of rotatable bonds is 5. The molecule has 5 heteroatoms. The second-order valence-corrected chi connectivity index (χ2v) is 5.24. The van der Waals surface area contributed by atoms with Gasteiger partial charge in [0.1, 0.15) is 17.4 Å². The van der Waals surface area contributed by atoms with E-state index in [0.29, 0.717) is 6.54 Å². The summed E-state index contributed by atoms with van der Waals surface area (Å²) in [4.78, 5) is 12.1. The Bertz CT molecular complexity index is 611. The summed E-state index contributed by atoms with van der Waals surface area (Å²) in [5.41, 5.74) is 1.86. The van der Waals surface area contributed by atoms with E-state index in [1.54, 1.807) is 19.3 Å². The Morgan fingerprint density at radius 1 is 1.59 bits per heavy atom. The highest BCUT2D eigenvalue weighted by Crippen LogP contribution is 2.19. The van der Waals surface area contributed by atoms with E-state index >= 15 is 0 Å². The highest BCUT2D eigenvalue weighted by molar-refractivity contribution is 6.01. The molecule has 0 aliphatic carbocycles. The highest BCUT2D eigenvalue weighted by atomic mass is 16.5. The van der Waals surface area contributed by atoms with E-state index in [1.165, 1.54) is 0 Å². The Morgan fingerprint density at radius 2 is 2.41 bits per heavy atom. The van der Waals surface area contributed by atoms with Crippen molar-refractivity contribution in [3.05, 3.63) is 34.9 Å². The van der Waals surface area contributed by atoms with Crippen molar-refractivity contribution in [3.8, 4) is 11.8 Å². The Morgan fingerprint density at radius 3 is 3.00 bits per heavy atom. The van der Waals surface area contributed by atoms with Gasteiger partial charge in [-0.15, -0.1) is 0 Å². The third-order valence-corrected chi connectivity index (χ3v) is 3.66. The van der Waals surface area contributed by atoms with Crippen molar-refractivity contribution in [2.24, 2.45) is 0 Å². The predicted molar refractivity (Wildman–Crippen MR) is 83.3 cm³/mol. The molecule has 2 rings (SSSR count). The van der Waals surface area contributed by atoms with Crippen LogP contribution < -0.4 is 10.1 Å². The Balaban J connectivity index is 2.06. The summed E-state index contributed by atoms with van der Waals surface area (Å²) < 4.78 is 10.6. The molecule has 116 valence electrons. The first-order chi connectivity index (χ1) is 10.6. The molecule has 1 saturated heterocycles. The molecule has 1 aromatic rings. The molecule has 0 saturated carbocycles. The van der Waals surface area contributed by atoms with Crippen LogP contribution in [0.5, 0.6) is 5.75 Å². The minimum absolute atomic E-state index is 0.0617. The van der Waals surface area contributed by atoms with Crippen LogP contribution in [0.3, 0.4) is 0 Å². The average Bonchev–Trinajstić information content (AvgIpc) is 3.04. The van der Waals surface area contributed by atoms with E-state index in [9.17, 15) is 10.1 Å². The van der Waals surface area contributed by atoms with Crippen LogP contribution in [0, 0.1) is 18.3 Å². The van der Waals surface area contributed by atoms with E-state index < -0.39 is 0 Å². The smallest absolute Gasteiger partial charge is 0.262 e. The molecule has 1 aliphatic heterocycles. The van der Waals surface area contributed by atoms with Gasteiger partial charge >= 0.3 is 0 Å². The van der Waals surface area contributed by atoms with Gasteiger partial charge in [-0.25, -0.2) is 0 Å². The van der Waals surface area contributed by atoms with Crippen LogP contribution >= 0.6 is 0 Å². The molecule has 0 radical (unpaired) electrons. The Hall–Kier alpha value is -2.32. The largest absolute Gasteiger partial charge is 0.497 e. The fourth-order valence-electron chi connectivity index (χ4n) is 2.35. The summed E-state index contributed by atoms with van der Waals surface area (Å²) in [6.07, 6.45) is 3.63. The zero-order valence-electron chi connectivity index (χ0n) is 12.9. The number of nitrogens with zero attached hydrogens (tertiary/aromatic N) is 1. The maximum Gasteiger partial charge on any atom is 0.262 e. The molecule has 1 fully saturated rings. The van der Waals surface area contributed by atoms with E-state index in [4.69, 9.17) is 9.47 Å². The zero-order chi connectivity index (χ0) is 15.9. The van der Waals surface area contributed by atoms with Crippen molar-refractivity contribution in [3.63, 3.8) is 0 Å². The molecule has 22 heavy (non-hydrogen) atoms. The van der Waals surface area contributed by atoms with Crippen LogP contribution in [0.1, 0.15) is 24.0 Å². The number of hydrogen-bond acceptors (Lipinski definition) is 4. The summed E-state index contributed by atoms with van der Waals surface area (Å²) >= 11 is 0. The molecule has 0 aromatic heterocycles. The molecule has 0 bridgehead atoms. The van der Waals surface area contributed by atoms with Gasteiger partial charge in [0.05, 0.1) is 13.2 Å². The van der Waals surface area contributed by atoms with Crippen LogP contribution in [0.4, 0.5) is 0 Å². The number of aryl methyl sites for hydroxylation is 1. The molecule has 1 atom stereocenters. The Kier molecular flexibility index (Phi) is 5.56. The van der Waals surface area contributed by atoms with Crippen LogP contribution in [0.25, 0.3) is 6.08 Å². The normalized spacial score (nSPS) is 17.9. The van der Waals surface area contributed by atoms with Crippen molar-refractivity contribution in [1.29, 1.82) is 5.26 Å². The number of methoxy groups -OCH3 is 1. The zero-order valence-corrected chi connectivity index (χ0v) is 12.9. The number of carbonyl (C=O) groups excluding carboxylic acids is 1. The molecule has 0 spiro atoms. The van der Waals surface area contributed by atoms with Gasteiger partial charge in [0.25, 0.3) is 5.91 Å². The summed E-state index contributed by atoms with van der Waals surface area (Å²) in [5, 5.41) is 12.0. The maximum absolute atomic E-state index is 12.1. The van der Waals surface area contributed by atoms with Gasteiger partial charge in [-0.2, -0.15) is 5.26 Å². The SMILES string of the molecule is COc1ccc(/C=C(\C#N)C(=O)NC[C@H]2CCCO2)c(C)c1. The molecule has 1 N–H and O–H groups in total. The maximum atomic E-state index is 12.1. The minimum atomic E-state index is -0.367. The van der Waals surface area contributed by atoms with Crippen LogP contribution in [-0.4, -0.2) is 32.3 Å². The lowest BCUT2D eigenvalue weighted by Gasteiger charge is -2.10. The van der Waals surface area contributed by atoms with Crippen LogP contribution in [0.15, 0.2) is 23.8 Å². The number of nitriles is 1. The van der Waals surface area contributed by atoms with Gasteiger partial charge in [0.15, 0.2) is 0 Å². The number of nitrogens with one attached hydrogen (secondary N) is 1. The summed E-state index contributed by atoms with van der Waals surface area (Å²) in [6, 6.07) is 7.46. The van der Waals surface area contributed by atoms with Crippen molar-refractivity contribution < 1.29 is 14.3 Å². The van der Waals surface area contributed by atoms with Crippen molar-refractivity contribution in [1.82, 2.24) is 5.32 Å². The number of carbonyl (C=O) groups is 1. The Labute approximate surface area is 130 Å². The van der Waals surface area contributed by atoms with Gasteiger partial charge in [0, 0.05) is 13.2 Å². The summed E-state index contributed by atoms with van der Waals surface area (Å²) in [6.45, 7) is 3.10. The first-order valence-corrected chi connectivity index (χ1v) is 7.30. The molecular weight excluding hydrogens is 280 g/mol. The predicted octanol–water partition coefficient (Wildman–Crippen LogP) is 2.21. The topological polar surface area (TPSA) is 71.3 Å². The molecule has 1 heterocycles. The standard InChI is InChI=1S/C17H20N2O3/c1-12-8-15(21-2)6-5-13(12)9-14(10-18)17(20)19-11-16-4-3-7-22-16/h5-6,8-9,16H,3-4,7,11H2,1-2H3,(H,19,20)/b14-9+/t16-/m1/s1. The van der Waals surface area contributed by atoms with Gasteiger partial charge < -0.3 is 14.8 Å². The van der Waals surface area contributed by atoms with E-state index in [0.717, 1.165) is 36.3 Å². The lowest BCUT2D eigenvalue weighted by atomic mass is 10.1. The third-order valence-electron chi connectivity index (χ3n) is 3.66. The molecule has 0 unspecified atom stereocenters. The summed E-state index contributed by atoms with van der Waals surface area (Å²) in [5.74, 6) is 0.379. The fourth-order valence-corrected chi connectivity index (χ4v) is 2.35. The first-order valence-electron chi connectivity index (χ1n) is 7.30. The van der Waals surface area contributed by atoms with Gasteiger partial charge in [-0.3, -0.25) is 4.79 Å². The van der Waals surface area contributed by atoms with Gasteiger partial charge in [-0.05, 0) is 49.1 Å². The first kappa shape index (κ1) is 16.1. The lowest BCUT2D eigenvalue weighted by Crippen LogP contribution is -2.32. The molecule has 1 aliphatic rings. The van der Waals surface area contributed by atoms with Crippen LogP contribution in [-0.2, 0) is 9.53 Å². The van der Waals surface area contributed by atoms with Gasteiger partial charge in [-0.1, -0.05) is 6.07 Å². The fraction of sp³-hybridized carbons (Fsp3) is 0.412. The monoisotopic (exact) mass is 300 g/mol. The highest BCUT2D eigenvalue weighted by Gasteiger charge is 2.17. The summed E-state index contributed by atoms with van der Waals surface area (Å²) in [7, 11) is 1.60. The number of benzene rings is 1. The van der Waals surface area contributed by atoms with Gasteiger partial charge in [0.2, 0.25) is 0 Å². The minimum Gasteiger partial charge on any atom is -0.497 e.